The Kier molecular flexibility index (Phi) is 4.73. The van der Waals surface area contributed by atoms with E-state index in [1.54, 1.807) is 32.1 Å². The lowest BCUT2D eigenvalue weighted by molar-refractivity contribution is 0.331. The summed E-state index contributed by atoms with van der Waals surface area (Å²) in [5.74, 6) is 1.39. The number of hydrogen-bond acceptors (Lipinski definition) is 5. The average molecular weight is 293 g/mol. The van der Waals surface area contributed by atoms with Crippen LogP contribution in [0.15, 0.2) is 22.0 Å². The van der Waals surface area contributed by atoms with Crippen molar-refractivity contribution >= 4 is 17.8 Å². The van der Waals surface area contributed by atoms with Gasteiger partial charge in [0.05, 0.1) is 19.1 Å². The number of nitrogens with zero attached hydrogens (tertiary/aromatic N) is 1. The summed E-state index contributed by atoms with van der Waals surface area (Å²) < 4.78 is 11.1. The van der Waals surface area contributed by atoms with Gasteiger partial charge in [0, 0.05) is 5.56 Å². The molecule has 0 N–H and O–H groups in total. The minimum Gasteiger partial charge on any atom is -0.492 e. The van der Waals surface area contributed by atoms with Crippen LogP contribution in [0.3, 0.4) is 0 Å². The number of rotatable bonds is 5. The standard InChI is InChI=1S/C15H19NO3S/c1-18-13-11(6-7-12(20-3)14(13)19-2)15(16-10-17)8-4-5-9-15/h6-7H,4-5,8-9H2,1-3H3. The van der Waals surface area contributed by atoms with Crippen LogP contribution in [0.5, 0.6) is 11.5 Å². The molecule has 1 aromatic carbocycles. The molecule has 1 aliphatic carbocycles. The zero-order chi connectivity index (χ0) is 14.6. The van der Waals surface area contributed by atoms with Crippen LogP contribution < -0.4 is 9.47 Å². The molecule has 0 amide bonds. The van der Waals surface area contributed by atoms with Gasteiger partial charge in [0.25, 0.3) is 0 Å². The second-order valence-corrected chi connectivity index (χ2v) is 5.67. The fourth-order valence-electron chi connectivity index (χ4n) is 2.96. The van der Waals surface area contributed by atoms with E-state index >= 15 is 0 Å². The molecule has 1 fully saturated rings. The molecular formula is C15H19NO3S. The van der Waals surface area contributed by atoms with E-state index in [0.29, 0.717) is 11.5 Å². The summed E-state index contributed by atoms with van der Waals surface area (Å²) in [6, 6.07) is 4.00. The van der Waals surface area contributed by atoms with E-state index in [2.05, 4.69) is 4.99 Å². The van der Waals surface area contributed by atoms with E-state index in [-0.39, 0.29) is 0 Å². The smallest absolute Gasteiger partial charge is 0.235 e. The highest BCUT2D eigenvalue weighted by molar-refractivity contribution is 7.98. The molecule has 0 bridgehead atoms. The van der Waals surface area contributed by atoms with Gasteiger partial charge in [-0.05, 0) is 25.2 Å². The number of hydrogen-bond donors (Lipinski definition) is 0. The Morgan fingerprint density at radius 1 is 1.20 bits per heavy atom. The maximum atomic E-state index is 10.8. The molecule has 108 valence electrons. The van der Waals surface area contributed by atoms with Crippen molar-refractivity contribution in [2.45, 2.75) is 36.1 Å². The molecule has 0 spiro atoms. The topological polar surface area (TPSA) is 47.9 Å². The van der Waals surface area contributed by atoms with Gasteiger partial charge < -0.3 is 9.47 Å². The number of methoxy groups -OCH3 is 2. The number of aliphatic imine (C=N–C) groups is 1. The number of ether oxygens (including phenoxy) is 2. The second-order valence-electron chi connectivity index (χ2n) is 4.82. The molecule has 0 radical (unpaired) electrons. The van der Waals surface area contributed by atoms with E-state index in [9.17, 15) is 4.79 Å². The first-order chi connectivity index (χ1) is 9.72. The molecule has 20 heavy (non-hydrogen) atoms. The Morgan fingerprint density at radius 2 is 1.85 bits per heavy atom. The molecule has 1 saturated carbocycles. The molecule has 0 atom stereocenters. The maximum Gasteiger partial charge on any atom is 0.235 e. The van der Waals surface area contributed by atoms with Crippen molar-refractivity contribution in [3.63, 3.8) is 0 Å². The molecule has 4 nitrogen and oxygen atoms in total. The van der Waals surface area contributed by atoms with Gasteiger partial charge in [-0.25, -0.2) is 4.79 Å². The van der Waals surface area contributed by atoms with Crippen molar-refractivity contribution in [2.75, 3.05) is 20.5 Å². The fraction of sp³-hybridized carbons (Fsp3) is 0.533. The first-order valence-electron chi connectivity index (χ1n) is 6.61. The van der Waals surface area contributed by atoms with Crippen LogP contribution in [0.1, 0.15) is 31.2 Å². The van der Waals surface area contributed by atoms with Crippen LogP contribution in [0, 0.1) is 0 Å². The van der Waals surface area contributed by atoms with E-state index < -0.39 is 5.54 Å². The maximum absolute atomic E-state index is 10.8. The van der Waals surface area contributed by atoms with E-state index in [4.69, 9.17) is 9.47 Å². The average Bonchev–Trinajstić information content (AvgIpc) is 2.95. The summed E-state index contributed by atoms with van der Waals surface area (Å²) in [5.41, 5.74) is 0.424. The highest BCUT2D eigenvalue weighted by atomic mass is 32.2. The zero-order valence-corrected chi connectivity index (χ0v) is 12.9. The second kappa shape index (κ2) is 6.33. The minimum atomic E-state index is -0.503. The third kappa shape index (κ3) is 2.43. The van der Waals surface area contributed by atoms with Gasteiger partial charge in [-0.2, -0.15) is 4.99 Å². The molecule has 5 heteroatoms. The highest BCUT2D eigenvalue weighted by Crippen LogP contribution is 2.50. The molecular weight excluding hydrogens is 274 g/mol. The van der Waals surface area contributed by atoms with Crippen LogP contribution in [-0.2, 0) is 10.3 Å². The van der Waals surface area contributed by atoms with Crippen LogP contribution in [-0.4, -0.2) is 26.6 Å². The third-order valence-corrected chi connectivity index (χ3v) is 4.66. The van der Waals surface area contributed by atoms with Gasteiger partial charge in [0.2, 0.25) is 6.08 Å². The molecule has 0 aromatic heterocycles. The Hall–Kier alpha value is -1.45. The first-order valence-corrected chi connectivity index (χ1v) is 7.83. The number of isocyanates is 1. The Bertz CT molecular complexity index is 532. The summed E-state index contributed by atoms with van der Waals surface area (Å²) >= 11 is 1.60. The normalized spacial score (nSPS) is 16.6. The van der Waals surface area contributed by atoms with Gasteiger partial charge in [0.1, 0.15) is 5.54 Å². The van der Waals surface area contributed by atoms with Crippen LogP contribution >= 0.6 is 11.8 Å². The van der Waals surface area contributed by atoms with Crippen molar-refractivity contribution in [1.82, 2.24) is 0 Å². The van der Waals surface area contributed by atoms with Crippen LogP contribution in [0.2, 0.25) is 0 Å². The SMILES string of the molecule is COc1c(SC)ccc(C2(N=C=O)CCCC2)c1OC. The monoisotopic (exact) mass is 293 g/mol. The van der Waals surface area contributed by atoms with E-state index in [1.165, 1.54) is 0 Å². The van der Waals surface area contributed by atoms with E-state index in [1.807, 2.05) is 18.4 Å². The number of thioether (sulfide) groups is 1. The van der Waals surface area contributed by atoms with Gasteiger partial charge in [-0.1, -0.05) is 18.9 Å². The van der Waals surface area contributed by atoms with Gasteiger partial charge in [-0.15, -0.1) is 11.8 Å². The third-order valence-electron chi connectivity index (χ3n) is 3.90. The predicted molar refractivity (Wildman–Crippen MR) is 79.6 cm³/mol. The molecule has 0 heterocycles. The largest absolute Gasteiger partial charge is 0.492 e. The molecule has 0 unspecified atom stereocenters. The first kappa shape index (κ1) is 14.9. The molecule has 2 rings (SSSR count). The quantitative estimate of drug-likeness (QED) is 0.473. The lowest BCUT2D eigenvalue weighted by Gasteiger charge is -2.26. The Balaban J connectivity index is 2.64. The Labute approximate surface area is 123 Å². The lowest BCUT2D eigenvalue weighted by Crippen LogP contribution is -2.20. The summed E-state index contributed by atoms with van der Waals surface area (Å²) in [5, 5.41) is 0. The summed E-state index contributed by atoms with van der Waals surface area (Å²) in [7, 11) is 3.25. The zero-order valence-electron chi connectivity index (χ0n) is 12.1. The molecule has 1 aliphatic rings. The molecule has 0 saturated heterocycles. The van der Waals surface area contributed by atoms with Crippen molar-refractivity contribution in [3.8, 4) is 11.5 Å². The molecule has 0 aliphatic heterocycles. The Morgan fingerprint density at radius 3 is 2.35 bits per heavy atom. The van der Waals surface area contributed by atoms with Gasteiger partial charge in [-0.3, -0.25) is 0 Å². The van der Waals surface area contributed by atoms with Crippen molar-refractivity contribution in [1.29, 1.82) is 0 Å². The van der Waals surface area contributed by atoms with Crippen LogP contribution in [0.25, 0.3) is 0 Å². The highest BCUT2D eigenvalue weighted by Gasteiger charge is 2.39. The van der Waals surface area contributed by atoms with Gasteiger partial charge in [0.15, 0.2) is 11.5 Å². The van der Waals surface area contributed by atoms with Gasteiger partial charge >= 0.3 is 0 Å². The van der Waals surface area contributed by atoms with Crippen molar-refractivity contribution in [2.24, 2.45) is 4.99 Å². The number of carbonyl (C=O) groups excluding carboxylic acids is 1. The minimum absolute atomic E-state index is 0.503. The molecule has 1 aromatic rings. The fourth-order valence-corrected chi connectivity index (χ4v) is 3.52. The summed E-state index contributed by atoms with van der Waals surface area (Å²) in [6.45, 7) is 0. The summed E-state index contributed by atoms with van der Waals surface area (Å²) in [4.78, 5) is 16.0. The van der Waals surface area contributed by atoms with Crippen molar-refractivity contribution < 1.29 is 14.3 Å². The predicted octanol–water partition coefficient (Wildman–Crippen LogP) is 3.53. The lowest BCUT2D eigenvalue weighted by atomic mass is 9.88. The van der Waals surface area contributed by atoms with Crippen LogP contribution in [0.4, 0.5) is 0 Å². The summed E-state index contributed by atoms with van der Waals surface area (Å²) in [6.07, 6.45) is 7.54. The van der Waals surface area contributed by atoms with E-state index in [0.717, 1.165) is 36.1 Å². The van der Waals surface area contributed by atoms with Crippen molar-refractivity contribution in [3.05, 3.63) is 17.7 Å². The number of benzene rings is 1.